The average molecular weight is 369 g/mol. The Bertz CT molecular complexity index is 858. The molecule has 1 N–H and O–H groups in total. The topological polar surface area (TPSA) is 36.6 Å². The third-order valence-electron chi connectivity index (χ3n) is 5.26. The Morgan fingerprint density at radius 2 is 1.96 bits per heavy atom. The van der Waals surface area contributed by atoms with Crippen LogP contribution in [0.2, 0.25) is 0 Å². The number of hydrogen-bond acceptors (Lipinski definition) is 4. The zero-order valence-corrected chi connectivity index (χ0v) is 16.9. The van der Waals surface area contributed by atoms with Gasteiger partial charge in [-0.15, -0.1) is 11.8 Å². The third-order valence-corrected chi connectivity index (χ3v) is 5.99. The highest BCUT2D eigenvalue weighted by atomic mass is 32.2. The molecular weight excluding hydrogens is 342 g/mol. The Labute approximate surface area is 160 Å². The second-order valence-corrected chi connectivity index (χ2v) is 7.49. The van der Waals surface area contributed by atoms with E-state index in [4.69, 9.17) is 4.74 Å². The second kappa shape index (κ2) is 7.54. The highest BCUT2D eigenvalue weighted by Gasteiger charge is 2.45. The smallest absolute Gasteiger partial charge is 0.212 e. The summed E-state index contributed by atoms with van der Waals surface area (Å²) in [5.41, 5.74) is 7.85. The van der Waals surface area contributed by atoms with E-state index in [0.717, 1.165) is 17.9 Å². The average Bonchev–Trinajstić information content (AvgIpc) is 2.90. The van der Waals surface area contributed by atoms with Gasteiger partial charge in [0.1, 0.15) is 19.0 Å². The minimum absolute atomic E-state index is 0.0408. The van der Waals surface area contributed by atoms with Gasteiger partial charge in [-0.2, -0.15) is 9.68 Å². The SMILES string of the molecule is CCC1(C)C(/C=N/Nc2ccc(OC)cc2)=[N+](C)c2ccc(SC)cc21. The molecule has 26 heavy (non-hydrogen) atoms. The minimum atomic E-state index is -0.0408. The highest BCUT2D eigenvalue weighted by molar-refractivity contribution is 7.98. The third kappa shape index (κ3) is 3.23. The number of thioether (sulfide) groups is 1. The van der Waals surface area contributed by atoms with E-state index in [-0.39, 0.29) is 5.41 Å². The van der Waals surface area contributed by atoms with Crippen LogP contribution in [0.3, 0.4) is 0 Å². The largest absolute Gasteiger partial charge is 0.497 e. The van der Waals surface area contributed by atoms with Crippen molar-refractivity contribution < 1.29 is 9.31 Å². The summed E-state index contributed by atoms with van der Waals surface area (Å²) >= 11 is 1.78. The molecule has 0 radical (unpaired) electrons. The van der Waals surface area contributed by atoms with E-state index < -0.39 is 0 Å². The lowest BCUT2D eigenvalue weighted by Gasteiger charge is -2.20. The number of hydrogen-bond donors (Lipinski definition) is 1. The van der Waals surface area contributed by atoms with Crippen molar-refractivity contribution in [3.05, 3.63) is 48.0 Å². The first-order chi connectivity index (χ1) is 12.5. The zero-order chi connectivity index (χ0) is 18.7. The number of methoxy groups -OCH3 is 1. The molecule has 3 rings (SSSR count). The lowest BCUT2D eigenvalue weighted by atomic mass is 9.77. The van der Waals surface area contributed by atoms with Crippen LogP contribution < -0.4 is 10.2 Å². The summed E-state index contributed by atoms with van der Waals surface area (Å²) in [6.45, 7) is 4.54. The number of anilines is 1. The molecule has 4 nitrogen and oxygen atoms in total. The van der Waals surface area contributed by atoms with Gasteiger partial charge >= 0.3 is 0 Å². The van der Waals surface area contributed by atoms with Crippen LogP contribution in [0.5, 0.6) is 5.75 Å². The first kappa shape index (κ1) is 18.5. The Morgan fingerprint density at radius 3 is 2.58 bits per heavy atom. The molecule has 2 aromatic carbocycles. The quantitative estimate of drug-likeness (QED) is 0.341. The monoisotopic (exact) mass is 368 g/mol. The van der Waals surface area contributed by atoms with Crippen LogP contribution in [-0.4, -0.2) is 36.9 Å². The fourth-order valence-corrected chi connectivity index (χ4v) is 3.89. The lowest BCUT2D eigenvalue weighted by molar-refractivity contribution is -0.400. The summed E-state index contributed by atoms with van der Waals surface area (Å²) in [5.74, 6) is 0.836. The van der Waals surface area contributed by atoms with Gasteiger partial charge in [0.15, 0.2) is 0 Å². The van der Waals surface area contributed by atoms with E-state index >= 15 is 0 Å². The van der Waals surface area contributed by atoms with Gasteiger partial charge in [0, 0.05) is 16.5 Å². The number of hydrazone groups is 1. The summed E-state index contributed by atoms with van der Waals surface area (Å²) in [7, 11) is 3.78. The van der Waals surface area contributed by atoms with Crippen LogP contribution in [0, 0.1) is 0 Å². The van der Waals surface area contributed by atoms with Gasteiger partial charge < -0.3 is 4.74 Å². The number of nitrogens with zero attached hydrogens (tertiary/aromatic N) is 2. The molecule has 0 spiro atoms. The summed E-state index contributed by atoms with van der Waals surface area (Å²) in [4.78, 5) is 1.30. The van der Waals surface area contributed by atoms with E-state index in [1.165, 1.54) is 21.9 Å². The lowest BCUT2D eigenvalue weighted by Crippen LogP contribution is -2.32. The number of fused-ring (bicyclic) bond motifs is 1. The predicted molar refractivity (Wildman–Crippen MR) is 112 cm³/mol. The number of nitrogens with one attached hydrogen (secondary N) is 1. The van der Waals surface area contributed by atoms with Crippen LogP contribution in [0.4, 0.5) is 11.4 Å². The molecule has 0 amide bonds. The van der Waals surface area contributed by atoms with Crippen molar-refractivity contribution in [1.29, 1.82) is 0 Å². The maximum atomic E-state index is 5.19. The fourth-order valence-electron chi connectivity index (χ4n) is 3.45. The van der Waals surface area contributed by atoms with Gasteiger partial charge in [-0.05, 0) is 56.0 Å². The molecule has 1 unspecified atom stereocenters. The highest BCUT2D eigenvalue weighted by Crippen LogP contribution is 2.42. The van der Waals surface area contributed by atoms with Crippen molar-refractivity contribution >= 4 is 35.1 Å². The fraction of sp³-hybridized carbons (Fsp3) is 0.333. The van der Waals surface area contributed by atoms with Crippen LogP contribution in [0.1, 0.15) is 25.8 Å². The van der Waals surface area contributed by atoms with E-state index in [0.29, 0.717) is 0 Å². The minimum Gasteiger partial charge on any atom is -0.497 e. The van der Waals surface area contributed by atoms with Gasteiger partial charge in [-0.25, -0.2) is 0 Å². The molecule has 0 aromatic heterocycles. The van der Waals surface area contributed by atoms with Crippen molar-refractivity contribution in [2.45, 2.75) is 30.6 Å². The number of benzene rings is 2. The maximum Gasteiger partial charge on any atom is 0.212 e. The molecule has 1 atom stereocenters. The van der Waals surface area contributed by atoms with Crippen LogP contribution in [-0.2, 0) is 5.41 Å². The van der Waals surface area contributed by atoms with Crippen molar-refractivity contribution in [3.8, 4) is 5.75 Å². The summed E-state index contributed by atoms with van der Waals surface area (Å²) in [5, 5.41) is 4.50. The van der Waals surface area contributed by atoms with Crippen LogP contribution in [0.25, 0.3) is 0 Å². The molecule has 1 heterocycles. The first-order valence-corrected chi connectivity index (χ1v) is 9.98. The van der Waals surface area contributed by atoms with Crippen molar-refractivity contribution in [1.82, 2.24) is 0 Å². The molecule has 0 fully saturated rings. The Kier molecular flexibility index (Phi) is 5.37. The molecule has 1 aliphatic heterocycles. The van der Waals surface area contributed by atoms with E-state index in [2.05, 4.69) is 60.5 Å². The van der Waals surface area contributed by atoms with Crippen molar-refractivity contribution in [2.24, 2.45) is 5.10 Å². The maximum absolute atomic E-state index is 5.19. The molecule has 0 aliphatic carbocycles. The molecule has 0 saturated heterocycles. The molecule has 136 valence electrons. The Balaban J connectivity index is 1.87. The number of rotatable bonds is 6. The van der Waals surface area contributed by atoms with E-state index in [1.807, 2.05) is 30.5 Å². The van der Waals surface area contributed by atoms with Gasteiger partial charge in [-0.1, -0.05) is 6.92 Å². The normalized spacial score (nSPS) is 19.1. The molecular formula is C21H26N3OS+. The summed E-state index contributed by atoms with van der Waals surface area (Å²) in [6, 6.07) is 14.5. The van der Waals surface area contributed by atoms with Gasteiger partial charge in [0.05, 0.1) is 18.2 Å². The van der Waals surface area contributed by atoms with Crippen molar-refractivity contribution in [3.63, 3.8) is 0 Å². The zero-order valence-electron chi connectivity index (χ0n) is 16.0. The first-order valence-electron chi connectivity index (χ1n) is 8.76. The van der Waals surface area contributed by atoms with Gasteiger partial charge in [-0.3, -0.25) is 5.43 Å². The van der Waals surface area contributed by atoms with Gasteiger partial charge in [0.25, 0.3) is 0 Å². The molecule has 0 bridgehead atoms. The van der Waals surface area contributed by atoms with Gasteiger partial charge in [0.2, 0.25) is 11.4 Å². The van der Waals surface area contributed by atoms with E-state index in [9.17, 15) is 0 Å². The molecule has 5 heteroatoms. The Morgan fingerprint density at radius 1 is 1.23 bits per heavy atom. The van der Waals surface area contributed by atoms with Crippen LogP contribution >= 0.6 is 11.8 Å². The molecule has 2 aromatic rings. The summed E-state index contributed by atoms with van der Waals surface area (Å²) < 4.78 is 7.44. The molecule has 0 saturated carbocycles. The standard InChI is InChI=1S/C21H25N3OS/c1-6-21(2)18-13-17(26-5)11-12-19(18)24(3)20(21)14-22-23-15-7-9-16(25-4)10-8-15/h7-14H,6H2,1-5H3/p+1. The van der Waals surface area contributed by atoms with Crippen LogP contribution in [0.15, 0.2) is 52.5 Å². The Hall–Kier alpha value is -2.27. The second-order valence-electron chi connectivity index (χ2n) is 6.61. The van der Waals surface area contributed by atoms with E-state index in [1.54, 1.807) is 18.9 Å². The summed E-state index contributed by atoms with van der Waals surface area (Å²) in [6.07, 6.45) is 5.09. The molecule has 1 aliphatic rings. The number of ether oxygens (including phenoxy) is 1. The predicted octanol–water partition coefficient (Wildman–Crippen LogP) is 4.91. The van der Waals surface area contributed by atoms with Crippen molar-refractivity contribution in [2.75, 3.05) is 25.8 Å².